The Morgan fingerprint density at radius 3 is 2.41 bits per heavy atom. The zero-order chi connectivity index (χ0) is 19.1. The summed E-state index contributed by atoms with van der Waals surface area (Å²) in [6.45, 7) is 6.65. The van der Waals surface area contributed by atoms with Crippen LogP contribution in [0.5, 0.6) is 0 Å². The molecule has 1 aliphatic rings. The van der Waals surface area contributed by atoms with E-state index in [0.717, 1.165) is 44.6 Å². The molecule has 1 fully saturated rings. The van der Waals surface area contributed by atoms with Gasteiger partial charge in [0, 0.05) is 70.9 Å². The van der Waals surface area contributed by atoms with Gasteiger partial charge in [0.1, 0.15) is 0 Å². The summed E-state index contributed by atoms with van der Waals surface area (Å²) in [5, 5.41) is 3.53. The minimum absolute atomic E-state index is 0.350. The first-order chi connectivity index (χ1) is 13.2. The predicted octanol–water partition coefficient (Wildman–Crippen LogP) is 1.70. The molecule has 0 saturated carbocycles. The molecular weight excluding hydrogens is 338 g/mol. The lowest BCUT2D eigenvalue weighted by Gasteiger charge is -2.37. The van der Waals surface area contributed by atoms with Crippen molar-refractivity contribution >= 4 is 17.6 Å². The van der Waals surface area contributed by atoms with Crippen LogP contribution in [-0.4, -0.2) is 73.7 Å². The molecule has 0 bridgehead atoms. The molecule has 1 N–H and O–H groups in total. The first kappa shape index (κ1) is 18.9. The van der Waals surface area contributed by atoms with Gasteiger partial charge in [-0.2, -0.15) is 0 Å². The number of rotatable bonds is 5. The van der Waals surface area contributed by atoms with Crippen molar-refractivity contribution in [2.75, 3.05) is 56.6 Å². The largest absolute Gasteiger partial charge is 0.370 e. The van der Waals surface area contributed by atoms with Crippen LogP contribution in [0.25, 0.3) is 0 Å². The Morgan fingerprint density at radius 2 is 1.78 bits per heavy atom. The Balaban J connectivity index is 1.50. The second-order valence-corrected chi connectivity index (χ2v) is 6.75. The lowest BCUT2D eigenvalue weighted by atomic mass is 10.2. The molecule has 3 rings (SSSR count). The predicted molar refractivity (Wildman–Crippen MR) is 111 cm³/mol. The van der Waals surface area contributed by atoms with Gasteiger partial charge in [0.2, 0.25) is 5.95 Å². The van der Waals surface area contributed by atoms with Crippen molar-refractivity contribution in [2.45, 2.75) is 13.0 Å². The summed E-state index contributed by atoms with van der Waals surface area (Å²) in [5.74, 6) is 1.76. The summed E-state index contributed by atoms with van der Waals surface area (Å²) in [5.41, 5.74) is 1.22. The van der Waals surface area contributed by atoms with E-state index in [-0.39, 0.29) is 0 Å². The van der Waals surface area contributed by atoms with Gasteiger partial charge in [-0.15, -0.1) is 0 Å². The van der Waals surface area contributed by atoms with Gasteiger partial charge in [0.05, 0.1) is 0 Å². The Kier molecular flexibility index (Phi) is 6.46. The van der Waals surface area contributed by atoms with E-state index in [1.807, 2.05) is 19.2 Å². The molecule has 1 aromatic carbocycles. The number of benzene rings is 1. The number of aliphatic imine (C=N–C) groups is 1. The summed E-state index contributed by atoms with van der Waals surface area (Å²) < 4.78 is 0. The SMILES string of the molecule is CN=C(NCC(C)N(C)c1ccccc1)N1CCN(c2ncccn2)CC1. The van der Waals surface area contributed by atoms with Crippen LogP contribution >= 0.6 is 0 Å². The zero-order valence-corrected chi connectivity index (χ0v) is 16.4. The number of hydrogen-bond donors (Lipinski definition) is 1. The van der Waals surface area contributed by atoms with E-state index in [2.05, 4.69) is 73.2 Å². The zero-order valence-electron chi connectivity index (χ0n) is 16.4. The number of anilines is 2. The molecule has 2 heterocycles. The highest BCUT2D eigenvalue weighted by molar-refractivity contribution is 5.80. The highest BCUT2D eigenvalue weighted by Gasteiger charge is 2.21. The number of piperazine rings is 1. The maximum atomic E-state index is 4.48. The maximum absolute atomic E-state index is 4.48. The molecule has 1 aliphatic heterocycles. The van der Waals surface area contributed by atoms with Crippen LogP contribution in [0, 0.1) is 0 Å². The van der Waals surface area contributed by atoms with Crippen LogP contribution in [-0.2, 0) is 0 Å². The lowest BCUT2D eigenvalue weighted by molar-refractivity contribution is 0.369. The Morgan fingerprint density at radius 1 is 1.11 bits per heavy atom. The van der Waals surface area contributed by atoms with Crippen molar-refractivity contribution in [3.8, 4) is 0 Å². The molecule has 0 amide bonds. The Hall–Kier alpha value is -2.83. The van der Waals surface area contributed by atoms with Crippen molar-refractivity contribution in [2.24, 2.45) is 4.99 Å². The highest BCUT2D eigenvalue weighted by Crippen LogP contribution is 2.14. The van der Waals surface area contributed by atoms with Gasteiger partial charge in [0.15, 0.2) is 5.96 Å². The second kappa shape index (κ2) is 9.21. The number of para-hydroxylation sites is 1. The summed E-state index contributed by atoms with van der Waals surface area (Å²) in [7, 11) is 3.98. The topological polar surface area (TPSA) is 59.9 Å². The van der Waals surface area contributed by atoms with Crippen molar-refractivity contribution < 1.29 is 0 Å². The molecule has 0 spiro atoms. The van der Waals surface area contributed by atoms with E-state index in [4.69, 9.17) is 0 Å². The van der Waals surface area contributed by atoms with E-state index in [9.17, 15) is 0 Å². The molecule has 7 nitrogen and oxygen atoms in total. The number of nitrogens with one attached hydrogen (secondary N) is 1. The molecule has 27 heavy (non-hydrogen) atoms. The number of nitrogens with zero attached hydrogens (tertiary/aromatic N) is 6. The van der Waals surface area contributed by atoms with Crippen molar-refractivity contribution in [1.82, 2.24) is 20.2 Å². The monoisotopic (exact) mass is 367 g/mol. The molecule has 1 saturated heterocycles. The van der Waals surface area contributed by atoms with E-state index in [1.165, 1.54) is 5.69 Å². The van der Waals surface area contributed by atoms with Crippen LogP contribution in [0.3, 0.4) is 0 Å². The molecule has 1 aromatic heterocycles. The van der Waals surface area contributed by atoms with Gasteiger partial charge >= 0.3 is 0 Å². The fourth-order valence-electron chi connectivity index (χ4n) is 3.20. The van der Waals surface area contributed by atoms with Gasteiger partial charge in [-0.3, -0.25) is 4.99 Å². The molecular formula is C20H29N7. The molecule has 144 valence electrons. The Bertz CT molecular complexity index is 712. The van der Waals surface area contributed by atoms with Gasteiger partial charge < -0.3 is 20.0 Å². The fourth-order valence-corrected chi connectivity index (χ4v) is 3.20. The van der Waals surface area contributed by atoms with Gasteiger partial charge in [0.25, 0.3) is 0 Å². The number of guanidine groups is 1. The van der Waals surface area contributed by atoms with Crippen LogP contribution in [0.15, 0.2) is 53.8 Å². The third-order valence-electron chi connectivity index (χ3n) is 5.01. The van der Waals surface area contributed by atoms with Gasteiger partial charge in [-0.25, -0.2) is 9.97 Å². The number of hydrogen-bond acceptors (Lipinski definition) is 5. The van der Waals surface area contributed by atoms with E-state index in [1.54, 1.807) is 12.4 Å². The normalized spacial score (nSPS) is 16.2. The Labute approximate surface area is 161 Å². The molecule has 2 aromatic rings. The summed E-state index contributed by atoms with van der Waals surface area (Å²) in [6.07, 6.45) is 3.58. The van der Waals surface area contributed by atoms with Crippen LogP contribution < -0.4 is 15.1 Å². The maximum Gasteiger partial charge on any atom is 0.225 e. The minimum atomic E-state index is 0.350. The molecule has 7 heteroatoms. The molecule has 0 radical (unpaired) electrons. The minimum Gasteiger partial charge on any atom is -0.370 e. The second-order valence-electron chi connectivity index (χ2n) is 6.75. The quantitative estimate of drug-likeness (QED) is 0.641. The van der Waals surface area contributed by atoms with Gasteiger partial charge in [-0.05, 0) is 25.1 Å². The van der Waals surface area contributed by atoms with Crippen LogP contribution in [0.1, 0.15) is 6.92 Å². The third kappa shape index (κ3) is 4.87. The molecule has 0 aliphatic carbocycles. The van der Waals surface area contributed by atoms with Crippen molar-refractivity contribution in [3.05, 3.63) is 48.8 Å². The van der Waals surface area contributed by atoms with E-state index >= 15 is 0 Å². The summed E-state index contributed by atoms with van der Waals surface area (Å²) in [6, 6.07) is 12.7. The summed E-state index contributed by atoms with van der Waals surface area (Å²) in [4.78, 5) is 20.0. The molecule has 1 atom stereocenters. The van der Waals surface area contributed by atoms with Crippen molar-refractivity contribution in [1.29, 1.82) is 0 Å². The molecule has 1 unspecified atom stereocenters. The number of likely N-dealkylation sites (N-methyl/N-ethyl adjacent to an activating group) is 1. The van der Waals surface area contributed by atoms with Crippen LogP contribution in [0.4, 0.5) is 11.6 Å². The summed E-state index contributed by atoms with van der Waals surface area (Å²) >= 11 is 0. The number of aromatic nitrogens is 2. The average molecular weight is 368 g/mol. The van der Waals surface area contributed by atoms with E-state index < -0.39 is 0 Å². The fraction of sp³-hybridized carbons (Fsp3) is 0.450. The highest BCUT2D eigenvalue weighted by atomic mass is 15.4. The first-order valence-electron chi connectivity index (χ1n) is 9.44. The first-order valence-corrected chi connectivity index (χ1v) is 9.44. The van der Waals surface area contributed by atoms with Crippen LogP contribution in [0.2, 0.25) is 0 Å². The average Bonchev–Trinajstić information content (AvgIpc) is 2.75. The van der Waals surface area contributed by atoms with Crippen molar-refractivity contribution in [3.63, 3.8) is 0 Å². The lowest BCUT2D eigenvalue weighted by Crippen LogP contribution is -2.54. The van der Waals surface area contributed by atoms with Gasteiger partial charge in [-0.1, -0.05) is 18.2 Å². The smallest absolute Gasteiger partial charge is 0.225 e. The third-order valence-corrected chi connectivity index (χ3v) is 5.01. The van der Waals surface area contributed by atoms with E-state index in [0.29, 0.717) is 6.04 Å². The standard InChI is InChI=1S/C20H29N7/c1-17(25(3)18-8-5-4-6-9-18)16-24-19(21-2)26-12-14-27(15-13-26)20-22-10-7-11-23-20/h4-11,17H,12-16H2,1-3H3,(H,21,24).